The second kappa shape index (κ2) is 6.01. The summed E-state index contributed by atoms with van der Waals surface area (Å²) in [6.07, 6.45) is 1.13. The van der Waals surface area contributed by atoms with E-state index >= 15 is 0 Å². The summed E-state index contributed by atoms with van der Waals surface area (Å²) in [6.45, 7) is 5.33. The molecule has 0 spiro atoms. The molecule has 0 bridgehead atoms. The Morgan fingerprint density at radius 3 is 2.81 bits per heavy atom. The Kier molecular flexibility index (Phi) is 5.25. The molecule has 1 aliphatic heterocycles. The lowest BCUT2D eigenvalue weighted by Gasteiger charge is -2.15. The van der Waals surface area contributed by atoms with E-state index in [0.29, 0.717) is 6.04 Å². The fourth-order valence-corrected chi connectivity index (χ4v) is 2.32. The van der Waals surface area contributed by atoms with E-state index in [0.717, 1.165) is 26.1 Å². The van der Waals surface area contributed by atoms with E-state index in [1.54, 1.807) is 0 Å². The summed E-state index contributed by atoms with van der Waals surface area (Å²) in [4.78, 5) is 2.42. The second-order valence-corrected chi connectivity index (χ2v) is 5.22. The Morgan fingerprint density at radius 2 is 2.25 bits per heavy atom. The number of benzene rings is 1. The molecule has 2 N–H and O–H groups in total. The van der Waals surface area contributed by atoms with Gasteiger partial charge in [0, 0.05) is 30.1 Å². The highest BCUT2D eigenvalue weighted by Crippen LogP contribution is 2.19. The van der Waals surface area contributed by atoms with Crippen LogP contribution in [0.2, 0.25) is 0 Å². The number of nitrogens with zero attached hydrogens (tertiary/aromatic N) is 1. The molecule has 0 amide bonds. The predicted octanol–water partition coefficient (Wildman–Crippen LogP) is 2.71. The van der Waals surface area contributed by atoms with Crippen molar-refractivity contribution in [3.05, 3.63) is 33.8 Å². The third kappa shape index (κ3) is 3.45. The first-order chi connectivity index (χ1) is 7.15. The molecule has 4 heteroatoms. The Morgan fingerprint density at radius 1 is 1.50 bits per heavy atom. The molecule has 1 saturated heterocycles. The van der Waals surface area contributed by atoms with Crippen molar-refractivity contribution in [2.24, 2.45) is 5.73 Å². The van der Waals surface area contributed by atoms with Crippen LogP contribution in [0, 0.1) is 6.92 Å². The van der Waals surface area contributed by atoms with Gasteiger partial charge in [0.15, 0.2) is 0 Å². The molecule has 2 rings (SSSR count). The number of halogens is 2. The van der Waals surface area contributed by atoms with Gasteiger partial charge in [0.2, 0.25) is 0 Å². The molecule has 0 unspecified atom stereocenters. The second-order valence-electron chi connectivity index (χ2n) is 4.37. The Balaban J connectivity index is 0.00000128. The highest BCUT2D eigenvalue weighted by molar-refractivity contribution is 9.10. The van der Waals surface area contributed by atoms with Crippen LogP contribution >= 0.6 is 28.3 Å². The van der Waals surface area contributed by atoms with Crippen molar-refractivity contribution in [1.82, 2.24) is 4.90 Å². The minimum Gasteiger partial charge on any atom is -0.326 e. The third-order valence-corrected chi connectivity index (χ3v) is 3.83. The highest BCUT2D eigenvalue weighted by atomic mass is 79.9. The molecule has 0 aliphatic carbocycles. The Hall–Kier alpha value is -0.0900. The zero-order chi connectivity index (χ0) is 10.8. The average Bonchev–Trinajstić information content (AvgIpc) is 2.58. The van der Waals surface area contributed by atoms with E-state index in [9.17, 15) is 0 Å². The van der Waals surface area contributed by atoms with Crippen molar-refractivity contribution in [2.75, 3.05) is 13.1 Å². The summed E-state index contributed by atoms with van der Waals surface area (Å²) < 4.78 is 1.18. The Bertz CT molecular complexity index is 357. The van der Waals surface area contributed by atoms with Gasteiger partial charge in [-0.15, -0.1) is 12.4 Å². The average molecular weight is 306 g/mol. The largest absolute Gasteiger partial charge is 0.326 e. The van der Waals surface area contributed by atoms with Crippen LogP contribution in [-0.2, 0) is 6.54 Å². The van der Waals surface area contributed by atoms with Gasteiger partial charge in [-0.3, -0.25) is 4.90 Å². The molecule has 1 aromatic carbocycles. The van der Waals surface area contributed by atoms with E-state index in [-0.39, 0.29) is 12.4 Å². The van der Waals surface area contributed by atoms with Crippen LogP contribution in [0.25, 0.3) is 0 Å². The van der Waals surface area contributed by atoms with Crippen LogP contribution in [0.15, 0.2) is 22.7 Å². The van der Waals surface area contributed by atoms with E-state index < -0.39 is 0 Å². The first-order valence-electron chi connectivity index (χ1n) is 5.38. The van der Waals surface area contributed by atoms with Gasteiger partial charge in [-0.1, -0.05) is 28.1 Å². The van der Waals surface area contributed by atoms with Gasteiger partial charge < -0.3 is 5.73 Å². The summed E-state index contributed by atoms with van der Waals surface area (Å²) in [5.41, 5.74) is 8.56. The van der Waals surface area contributed by atoms with E-state index in [2.05, 4.69) is 46.0 Å². The zero-order valence-electron chi connectivity index (χ0n) is 9.45. The molecule has 90 valence electrons. The number of likely N-dealkylation sites (tertiary alicyclic amines) is 1. The van der Waals surface area contributed by atoms with Gasteiger partial charge in [0.1, 0.15) is 0 Å². The third-order valence-electron chi connectivity index (χ3n) is 2.94. The van der Waals surface area contributed by atoms with Crippen molar-refractivity contribution in [1.29, 1.82) is 0 Å². The Labute approximate surface area is 112 Å². The van der Waals surface area contributed by atoms with Gasteiger partial charge in [0.05, 0.1) is 0 Å². The summed E-state index contributed by atoms with van der Waals surface area (Å²) in [5.74, 6) is 0. The van der Waals surface area contributed by atoms with Crippen molar-refractivity contribution < 1.29 is 0 Å². The lowest BCUT2D eigenvalue weighted by atomic mass is 10.1. The summed E-state index contributed by atoms with van der Waals surface area (Å²) in [5, 5.41) is 0. The number of hydrogen-bond acceptors (Lipinski definition) is 2. The van der Waals surface area contributed by atoms with E-state index in [4.69, 9.17) is 5.73 Å². The number of hydrogen-bond donors (Lipinski definition) is 1. The van der Waals surface area contributed by atoms with Crippen LogP contribution in [0.3, 0.4) is 0 Å². The van der Waals surface area contributed by atoms with Crippen LogP contribution in [-0.4, -0.2) is 24.0 Å². The zero-order valence-corrected chi connectivity index (χ0v) is 11.9. The highest BCUT2D eigenvalue weighted by Gasteiger charge is 2.18. The number of aryl methyl sites for hydroxylation is 1. The monoisotopic (exact) mass is 304 g/mol. The fraction of sp³-hybridized carbons (Fsp3) is 0.500. The first kappa shape index (κ1) is 14.0. The fourth-order valence-electron chi connectivity index (χ4n) is 2.07. The summed E-state index contributed by atoms with van der Waals surface area (Å²) >= 11 is 3.52. The molecule has 2 nitrogen and oxygen atoms in total. The number of rotatable bonds is 2. The topological polar surface area (TPSA) is 29.3 Å². The standard InChI is InChI=1S/C12H17BrN2.ClH/c1-9-6-10(2-3-12(9)13)7-15-5-4-11(14)8-15;/h2-3,6,11H,4-5,7-8,14H2,1H3;1H/t11-;/m1./s1. The maximum absolute atomic E-state index is 5.88. The predicted molar refractivity (Wildman–Crippen MR) is 74.0 cm³/mol. The van der Waals surface area contributed by atoms with Crippen LogP contribution in [0.4, 0.5) is 0 Å². The molecular formula is C12H18BrClN2. The minimum atomic E-state index is 0. The van der Waals surface area contributed by atoms with Crippen LogP contribution < -0.4 is 5.73 Å². The first-order valence-corrected chi connectivity index (χ1v) is 6.17. The van der Waals surface area contributed by atoms with Gasteiger partial charge >= 0.3 is 0 Å². The van der Waals surface area contributed by atoms with Gasteiger partial charge in [-0.2, -0.15) is 0 Å². The molecule has 1 aliphatic rings. The molecule has 16 heavy (non-hydrogen) atoms. The summed E-state index contributed by atoms with van der Waals surface area (Å²) in [6, 6.07) is 6.93. The normalized spacial score (nSPS) is 20.8. The van der Waals surface area contributed by atoms with Crippen molar-refractivity contribution in [3.63, 3.8) is 0 Å². The van der Waals surface area contributed by atoms with Crippen LogP contribution in [0.1, 0.15) is 17.5 Å². The molecule has 1 aromatic rings. The SMILES string of the molecule is Cc1cc(CN2CC[C@@H](N)C2)ccc1Br.Cl. The van der Waals surface area contributed by atoms with Gasteiger partial charge in [-0.25, -0.2) is 0 Å². The van der Waals surface area contributed by atoms with Crippen molar-refractivity contribution in [3.8, 4) is 0 Å². The molecule has 0 saturated carbocycles. The smallest absolute Gasteiger partial charge is 0.0234 e. The van der Waals surface area contributed by atoms with Gasteiger partial charge in [-0.05, 0) is 30.5 Å². The molecule has 1 heterocycles. The molecular weight excluding hydrogens is 288 g/mol. The van der Waals surface area contributed by atoms with E-state index in [1.807, 2.05) is 0 Å². The minimum absolute atomic E-state index is 0. The summed E-state index contributed by atoms with van der Waals surface area (Å²) in [7, 11) is 0. The quantitative estimate of drug-likeness (QED) is 0.910. The maximum atomic E-state index is 5.88. The maximum Gasteiger partial charge on any atom is 0.0234 e. The molecule has 1 fully saturated rings. The van der Waals surface area contributed by atoms with E-state index in [1.165, 1.54) is 15.6 Å². The van der Waals surface area contributed by atoms with Crippen molar-refractivity contribution in [2.45, 2.75) is 25.9 Å². The molecule has 0 radical (unpaired) electrons. The lowest BCUT2D eigenvalue weighted by molar-refractivity contribution is 0.327. The molecule has 1 atom stereocenters. The van der Waals surface area contributed by atoms with Crippen molar-refractivity contribution >= 4 is 28.3 Å². The van der Waals surface area contributed by atoms with Gasteiger partial charge in [0.25, 0.3) is 0 Å². The lowest BCUT2D eigenvalue weighted by Crippen LogP contribution is -2.26. The van der Waals surface area contributed by atoms with Crippen LogP contribution in [0.5, 0.6) is 0 Å². The number of nitrogens with two attached hydrogens (primary N) is 1. The molecule has 0 aromatic heterocycles.